The molecule has 4 heteroatoms. The Morgan fingerprint density at radius 2 is 1.64 bits per heavy atom. The highest BCUT2D eigenvalue weighted by Gasteiger charge is 2.32. The first-order valence-corrected chi connectivity index (χ1v) is 12.3. The molecule has 2 fully saturated rings. The Kier molecular flexibility index (Phi) is 7.83. The molecule has 1 saturated heterocycles. The minimum atomic E-state index is -0.390. The van der Waals surface area contributed by atoms with Gasteiger partial charge in [-0.2, -0.15) is 0 Å². The molecule has 1 aliphatic carbocycles. The van der Waals surface area contributed by atoms with Crippen molar-refractivity contribution in [3.8, 4) is 12.3 Å². The minimum Gasteiger partial charge on any atom is -0.341 e. The van der Waals surface area contributed by atoms with E-state index in [0.29, 0.717) is 24.9 Å². The Balaban J connectivity index is 1.46. The topological polar surface area (TPSA) is 40.6 Å². The van der Waals surface area contributed by atoms with Gasteiger partial charge in [-0.25, -0.2) is 0 Å². The molecule has 0 radical (unpaired) electrons. The Morgan fingerprint density at radius 1 is 0.970 bits per heavy atom. The first-order chi connectivity index (χ1) is 16.2. The number of likely N-dealkylation sites (tertiary alicyclic amines) is 1. The fraction of sp³-hybridized carbons (Fsp3) is 0.448. The molecule has 2 amide bonds. The monoisotopic (exact) mass is 442 g/mol. The Hall–Kier alpha value is -3.06. The second-order valence-electron chi connectivity index (χ2n) is 9.48. The van der Waals surface area contributed by atoms with Crippen molar-refractivity contribution in [3.05, 3.63) is 71.8 Å². The number of hydrogen-bond donors (Lipinski definition) is 0. The molecule has 2 aromatic carbocycles. The van der Waals surface area contributed by atoms with Crippen LogP contribution >= 0.6 is 0 Å². The molecule has 0 N–H and O–H groups in total. The van der Waals surface area contributed by atoms with Crippen LogP contribution in [0.2, 0.25) is 0 Å². The van der Waals surface area contributed by atoms with Gasteiger partial charge in [0.15, 0.2) is 0 Å². The van der Waals surface area contributed by atoms with Crippen LogP contribution in [0.1, 0.15) is 61.5 Å². The molecular formula is C29H34N2O2. The van der Waals surface area contributed by atoms with Crippen LogP contribution < -0.4 is 0 Å². The second-order valence-corrected chi connectivity index (χ2v) is 9.48. The van der Waals surface area contributed by atoms with Gasteiger partial charge in [0, 0.05) is 31.5 Å². The van der Waals surface area contributed by atoms with Crippen LogP contribution in [0.4, 0.5) is 0 Å². The number of nitrogens with zero attached hydrogens (tertiary/aromatic N) is 2. The number of carbonyl (C=O) groups is 2. The predicted molar refractivity (Wildman–Crippen MR) is 132 cm³/mol. The maximum atomic E-state index is 13.2. The van der Waals surface area contributed by atoms with Gasteiger partial charge in [-0.3, -0.25) is 9.59 Å². The Morgan fingerprint density at radius 3 is 2.30 bits per heavy atom. The normalized spacial score (nSPS) is 19.6. The van der Waals surface area contributed by atoms with Crippen molar-refractivity contribution in [1.29, 1.82) is 0 Å². The molecule has 2 aromatic rings. The summed E-state index contributed by atoms with van der Waals surface area (Å²) in [7, 11) is 0. The van der Waals surface area contributed by atoms with E-state index in [4.69, 9.17) is 6.42 Å². The fourth-order valence-electron chi connectivity index (χ4n) is 5.56. The third kappa shape index (κ3) is 5.85. The lowest BCUT2D eigenvalue weighted by molar-refractivity contribution is -0.137. The summed E-state index contributed by atoms with van der Waals surface area (Å²) in [5, 5.41) is 0. The van der Waals surface area contributed by atoms with Gasteiger partial charge in [0.1, 0.15) is 6.54 Å². The lowest BCUT2D eigenvalue weighted by atomic mass is 9.76. The van der Waals surface area contributed by atoms with Crippen molar-refractivity contribution >= 4 is 11.8 Å². The number of carbonyl (C=O) groups excluding carboxylic acids is 2. The standard InChI is InChI=1S/C29H34N2O2/c1-2-28(32)31(21-27(24-14-8-4-9-15-24)25-16-10-5-11-17-25)22-29(33)30-19-18-26(20-30)23-12-6-3-7-13-23/h1,3-4,6-9,12-15,25-27H,5,10-11,16-22H2/t26-,27-/m1/s1. The zero-order valence-corrected chi connectivity index (χ0v) is 19.4. The van der Waals surface area contributed by atoms with E-state index in [2.05, 4.69) is 42.3 Å². The zero-order chi connectivity index (χ0) is 23.0. The second kappa shape index (κ2) is 11.2. The van der Waals surface area contributed by atoms with Gasteiger partial charge >= 0.3 is 0 Å². The van der Waals surface area contributed by atoms with Crippen molar-refractivity contribution in [3.63, 3.8) is 0 Å². The van der Waals surface area contributed by atoms with Gasteiger partial charge in [-0.1, -0.05) is 79.9 Å². The summed E-state index contributed by atoms with van der Waals surface area (Å²) in [6.07, 6.45) is 12.5. The zero-order valence-electron chi connectivity index (χ0n) is 19.4. The van der Waals surface area contributed by atoms with Crippen LogP contribution in [0.5, 0.6) is 0 Å². The fourth-order valence-corrected chi connectivity index (χ4v) is 5.56. The molecule has 2 aliphatic rings. The SMILES string of the molecule is C#CC(=O)N(CC(=O)N1CC[C@@H](c2ccccc2)C1)C[C@H](c1ccccc1)C1CCCCC1. The van der Waals surface area contributed by atoms with Gasteiger partial charge in [0.25, 0.3) is 5.91 Å². The number of amides is 2. The van der Waals surface area contributed by atoms with Gasteiger partial charge in [-0.15, -0.1) is 6.42 Å². The predicted octanol–water partition coefficient (Wildman–Crippen LogP) is 4.83. The molecule has 0 aromatic heterocycles. The molecule has 2 atom stereocenters. The lowest BCUT2D eigenvalue weighted by Crippen LogP contribution is -2.44. The summed E-state index contributed by atoms with van der Waals surface area (Å²) in [6.45, 7) is 1.98. The molecule has 0 spiro atoms. The number of terminal acetylenes is 1. The van der Waals surface area contributed by atoms with Gasteiger partial charge in [0.05, 0.1) is 0 Å². The van der Waals surface area contributed by atoms with E-state index < -0.39 is 0 Å². The molecule has 4 nitrogen and oxygen atoms in total. The highest BCUT2D eigenvalue weighted by atomic mass is 16.2. The van der Waals surface area contributed by atoms with E-state index in [9.17, 15) is 9.59 Å². The van der Waals surface area contributed by atoms with E-state index in [0.717, 1.165) is 25.8 Å². The van der Waals surface area contributed by atoms with E-state index in [-0.39, 0.29) is 24.3 Å². The molecule has 172 valence electrons. The van der Waals surface area contributed by atoms with Crippen LogP contribution in [0.3, 0.4) is 0 Å². The summed E-state index contributed by atoms with van der Waals surface area (Å²) in [6, 6.07) is 20.8. The molecule has 33 heavy (non-hydrogen) atoms. The average molecular weight is 443 g/mol. The molecular weight excluding hydrogens is 408 g/mol. The third-order valence-electron chi connectivity index (χ3n) is 7.41. The van der Waals surface area contributed by atoms with E-state index in [1.54, 1.807) is 4.90 Å². The van der Waals surface area contributed by atoms with Crippen molar-refractivity contribution in [2.45, 2.75) is 50.4 Å². The molecule has 1 heterocycles. The van der Waals surface area contributed by atoms with Gasteiger partial charge in [-0.05, 0) is 42.2 Å². The van der Waals surface area contributed by atoms with Crippen molar-refractivity contribution in [1.82, 2.24) is 9.80 Å². The highest BCUT2D eigenvalue weighted by Crippen LogP contribution is 2.37. The summed E-state index contributed by atoms with van der Waals surface area (Å²) in [5.74, 6) is 2.94. The van der Waals surface area contributed by atoms with Crippen molar-refractivity contribution < 1.29 is 9.59 Å². The van der Waals surface area contributed by atoms with Gasteiger partial charge in [0.2, 0.25) is 5.91 Å². The minimum absolute atomic E-state index is 0.00696. The van der Waals surface area contributed by atoms with Crippen molar-refractivity contribution in [2.24, 2.45) is 5.92 Å². The molecule has 1 aliphatic heterocycles. The van der Waals surface area contributed by atoms with E-state index in [1.165, 1.54) is 30.4 Å². The summed E-state index contributed by atoms with van der Waals surface area (Å²) in [5.41, 5.74) is 2.50. The summed E-state index contributed by atoms with van der Waals surface area (Å²) < 4.78 is 0. The maximum absolute atomic E-state index is 13.2. The Bertz CT molecular complexity index is 960. The summed E-state index contributed by atoms with van der Waals surface area (Å²) >= 11 is 0. The largest absolute Gasteiger partial charge is 0.341 e. The molecule has 1 saturated carbocycles. The van der Waals surface area contributed by atoms with E-state index in [1.807, 2.05) is 29.2 Å². The number of benzene rings is 2. The molecule has 0 unspecified atom stereocenters. The summed E-state index contributed by atoms with van der Waals surface area (Å²) in [4.78, 5) is 29.4. The van der Waals surface area contributed by atoms with E-state index >= 15 is 0 Å². The van der Waals surface area contributed by atoms with Crippen LogP contribution in [-0.2, 0) is 9.59 Å². The first kappa shape index (κ1) is 23.1. The average Bonchev–Trinajstić information content (AvgIpc) is 3.38. The van der Waals surface area contributed by atoms with Crippen molar-refractivity contribution in [2.75, 3.05) is 26.2 Å². The van der Waals surface area contributed by atoms with Crippen LogP contribution in [0.25, 0.3) is 0 Å². The smallest absolute Gasteiger partial charge is 0.298 e. The van der Waals surface area contributed by atoms with Crippen LogP contribution in [0, 0.1) is 18.3 Å². The highest BCUT2D eigenvalue weighted by molar-refractivity contribution is 5.95. The molecule has 4 rings (SSSR count). The van der Waals surface area contributed by atoms with Crippen LogP contribution in [0.15, 0.2) is 60.7 Å². The molecule has 0 bridgehead atoms. The number of rotatable bonds is 7. The van der Waals surface area contributed by atoms with Crippen LogP contribution in [-0.4, -0.2) is 47.8 Å². The maximum Gasteiger partial charge on any atom is 0.298 e. The third-order valence-corrected chi connectivity index (χ3v) is 7.41. The quantitative estimate of drug-likeness (QED) is 0.577. The Labute approximate surface area is 198 Å². The first-order valence-electron chi connectivity index (χ1n) is 12.3. The number of hydrogen-bond acceptors (Lipinski definition) is 2. The lowest BCUT2D eigenvalue weighted by Gasteiger charge is -2.34. The van der Waals surface area contributed by atoms with Gasteiger partial charge < -0.3 is 9.80 Å².